The van der Waals surface area contributed by atoms with E-state index in [-0.39, 0.29) is 11.2 Å². The molecule has 0 radical (unpaired) electrons. The zero-order chi connectivity index (χ0) is 12.6. The molecule has 2 aromatic heterocycles. The van der Waals surface area contributed by atoms with E-state index in [9.17, 15) is 13.2 Å². The second kappa shape index (κ2) is 3.76. The van der Waals surface area contributed by atoms with Crippen LogP contribution in [0.15, 0.2) is 24.4 Å². The first-order valence-corrected chi connectivity index (χ1v) is 4.62. The van der Waals surface area contributed by atoms with Crippen LogP contribution in [0, 0.1) is 5.41 Å². The number of imidazole rings is 1. The zero-order valence-corrected chi connectivity index (χ0v) is 8.75. The van der Waals surface area contributed by atoms with E-state index in [0.29, 0.717) is 0 Å². The zero-order valence-electron chi connectivity index (χ0n) is 8.75. The summed E-state index contributed by atoms with van der Waals surface area (Å²) >= 11 is 0. The SMILES string of the molecule is COC(=N)c1nc(C(F)(F)F)n2ccccc12. The van der Waals surface area contributed by atoms with Crippen molar-refractivity contribution in [2.45, 2.75) is 6.18 Å². The summed E-state index contributed by atoms with van der Waals surface area (Å²) in [6.45, 7) is 0. The summed E-state index contributed by atoms with van der Waals surface area (Å²) in [6, 6.07) is 4.48. The Hall–Kier alpha value is -2.05. The molecule has 17 heavy (non-hydrogen) atoms. The van der Waals surface area contributed by atoms with Crippen molar-refractivity contribution >= 4 is 11.4 Å². The molecule has 0 amide bonds. The quantitative estimate of drug-likeness (QED) is 0.617. The second-order valence-electron chi connectivity index (χ2n) is 3.27. The van der Waals surface area contributed by atoms with Gasteiger partial charge in [0.05, 0.1) is 12.6 Å². The Morgan fingerprint density at radius 3 is 2.71 bits per heavy atom. The van der Waals surface area contributed by atoms with Gasteiger partial charge in [0.2, 0.25) is 11.7 Å². The number of ether oxygens (including phenoxy) is 1. The summed E-state index contributed by atoms with van der Waals surface area (Å²) in [7, 11) is 1.21. The number of nitrogens with one attached hydrogen (secondary N) is 1. The van der Waals surface area contributed by atoms with Crippen LogP contribution < -0.4 is 0 Å². The summed E-state index contributed by atoms with van der Waals surface area (Å²) in [4.78, 5) is 3.42. The minimum atomic E-state index is -4.57. The molecule has 4 nitrogen and oxygen atoms in total. The number of alkyl halides is 3. The fraction of sp³-hybridized carbons (Fsp3) is 0.200. The number of rotatable bonds is 1. The highest BCUT2D eigenvalue weighted by Gasteiger charge is 2.37. The standard InChI is InChI=1S/C10H8F3N3O/c1-17-8(14)7-6-4-2-3-5-16(6)9(15-7)10(11,12)13/h2-5,14H,1H3. The fourth-order valence-electron chi connectivity index (χ4n) is 1.50. The third-order valence-corrected chi connectivity index (χ3v) is 2.22. The molecule has 2 rings (SSSR count). The number of hydrogen-bond donors (Lipinski definition) is 1. The van der Waals surface area contributed by atoms with E-state index in [1.165, 1.54) is 25.4 Å². The number of halogens is 3. The minimum Gasteiger partial charge on any atom is -0.480 e. The second-order valence-corrected chi connectivity index (χ2v) is 3.27. The van der Waals surface area contributed by atoms with Gasteiger partial charge in [-0.15, -0.1) is 0 Å². The Morgan fingerprint density at radius 1 is 1.41 bits per heavy atom. The van der Waals surface area contributed by atoms with Crippen LogP contribution in [0.2, 0.25) is 0 Å². The Balaban J connectivity index is 2.76. The first kappa shape index (κ1) is 11.4. The highest BCUT2D eigenvalue weighted by Crippen LogP contribution is 2.30. The smallest absolute Gasteiger partial charge is 0.450 e. The maximum absolute atomic E-state index is 12.7. The van der Waals surface area contributed by atoms with Crippen LogP contribution in [-0.2, 0) is 10.9 Å². The molecule has 0 fully saturated rings. The van der Waals surface area contributed by atoms with E-state index in [1.54, 1.807) is 6.07 Å². The summed E-state index contributed by atoms with van der Waals surface area (Å²) in [5.74, 6) is -1.46. The van der Waals surface area contributed by atoms with Crippen LogP contribution in [0.4, 0.5) is 13.2 Å². The van der Waals surface area contributed by atoms with Gasteiger partial charge in [-0.25, -0.2) is 4.98 Å². The van der Waals surface area contributed by atoms with Crippen LogP contribution >= 0.6 is 0 Å². The van der Waals surface area contributed by atoms with E-state index >= 15 is 0 Å². The summed E-state index contributed by atoms with van der Waals surface area (Å²) in [5, 5.41) is 7.41. The maximum Gasteiger partial charge on any atom is 0.450 e. The third-order valence-electron chi connectivity index (χ3n) is 2.22. The lowest BCUT2D eigenvalue weighted by Gasteiger charge is -2.03. The van der Waals surface area contributed by atoms with E-state index in [2.05, 4.69) is 9.72 Å². The topological polar surface area (TPSA) is 50.4 Å². The van der Waals surface area contributed by atoms with Gasteiger partial charge < -0.3 is 4.74 Å². The van der Waals surface area contributed by atoms with Crippen molar-refractivity contribution in [2.75, 3.05) is 7.11 Å². The lowest BCUT2D eigenvalue weighted by molar-refractivity contribution is -0.145. The van der Waals surface area contributed by atoms with E-state index in [1.807, 2.05) is 0 Å². The van der Waals surface area contributed by atoms with E-state index in [0.717, 1.165) is 4.40 Å². The Bertz CT molecular complexity index is 574. The van der Waals surface area contributed by atoms with Gasteiger partial charge in [-0.05, 0) is 12.1 Å². The number of methoxy groups -OCH3 is 1. The molecular formula is C10H8F3N3O. The fourth-order valence-corrected chi connectivity index (χ4v) is 1.50. The molecule has 2 aromatic rings. The molecule has 0 saturated carbocycles. The van der Waals surface area contributed by atoms with Crippen molar-refractivity contribution in [3.05, 3.63) is 35.9 Å². The number of nitrogens with zero attached hydrogens (tertiary/aromatic N) is 2. The molecular weight excluding hydrogens is 235 g/mol. The number of pyridine rings is 1. The Labute approximate surface area is 94.2 Å². The van der Waals surface area contributed by atoms with Gasteiger partial charge in [0.25, 0.3) is 0 Å². The van der Waals surface area contributed by atoms with Crippen LogP contribution in [0.25, 0.3) is 5.52 Å². The van der Waals surface area contributed by atoms with Crippen LogP contribution in [0.3, 0.4) is 0 Å². The predicted octanol–water partition coefficient (Wildman–Crippen LogP) is 2.32. The molecule has 0 aromatic carbocycles. The molecule has 0 spiro atoms. The van der Waals surface area contributed by atoms with Crippen molar-refractivity contribution in [3.63, 3.8) is 0 Å². The third kappa shape index (κ3) is 1.83. The van der Waals surface area contributed by atoms with Crippen molar-refractivity contribution < 1.29 is 17.9 Å². The van der Waals surface area contributed by atoms with Crippen molar-refractivity contribution in [1.82, 2.24) is 9.38 Å². The van der Waals surface area contributed by atoms with Crippen LogP contribution in [0.5, 0.6) is 0 Å². The molecule has 0 unspecified atom stereocenters. The highest BCUT2D eigenvalue weighted by atomic mass is 19.4. The number of hydrogen-bond acceptors (Lipinski definition) is 3. The molecule has 0 saturated heterocycles. The van der Waals surface area contributed by atoms with Gasteiger partial charge in [-0.1, -0.05) is 6.07 Å². The first-order valence-electron chi connectivity index (χ1n) is 4.62. The number of fused-ring (bicyclic) bond motifs is 1. The Morgan fingerprint density at radius 2 is 2.12 bits per heavy atom. The average Bonchev–Trinajstić information content (AvgIpc) is 2.67. The van der Waals surface area contributed by atoms with Crippen LogP contribution in [-0.4, -0.2) is 22.4 Å². The van der Waals surface area contributed by atoms with Gasteiger partial charge in [0.15, 0.2) is 5.69 Å². The first-order chi connectivity index (χ1) is 7.95. The van der Waals surface area contributed by atoms with Gasteiger partial charge in [0, 0.05) is 6.20 Å². The van der Waals surface area contributed by atoms with E-state index in [4.69, 9.17) is 5.41 Å². The molecule has 7 heteroatoms. The average molecular weight is 243 g/mol. The van der Waals surface area contributed by atoms with E-state index < -0.39 is 17.9 Å². The van der Waals surface area contributed by atoms with Gasteiger partial charge >= 0.3 is 6.18 Å². The highest BCUT2D eigenvalue weighted by molar-refractivity contribution is 5.96. The normalized spacial score (nSPS) is 11.8. The largest absolute Gasteiger partial charge is 0.480 e. The minimum absolute atomic E-state index is 0.125. The molecule has 90 valence electrons. The summed E-state index contributed by atoms with van der Waals surface area (Å²) in [5.41, 5.74) is 0.0621. The molecule has 0 bridgehead atoms. The maximum atomic E-state index is 12.7. The summed E-state index contributed by atoms with van der Waals surface area (Å²) in [6.07, 6.45) is -3.33. The number of aromatic nitrogens is 2. The Kier molecular flexibility index (Phi) is 2.53. The molecule has 2 heterocycles. The lowest BCUT2D eigenvalue weighted by atomic mass is 10.3. The monoisotopic (exact) mass is 243 g/mol. The molecule has 1 N–H and O–H groups in total. The predicted molar refractivity (Wildman–Crippen MR) is 54.0 cm³/mol. The van der Waals surface area contributed by atoms with Crippen LogP contribution in [0.1, 0.15) is 11.5 Å². The molecule has 0 aliphatic rings. The van der Waals surface area contributed by atoms with Gasteiger partial charge in [-0.3, -0.25) is 9.81 Å². The molecule has 0 atom stereocenters. The lowest BCUT2D eigenvalue weighted by Crippen LogP contribution is -2.10. The van der Waals surface area contributed by atoms with Crippen molar-refractivity contribution in [2.24, 2.45) is 0 Å². The van der Waals surface area contributed by atoms with Gasteiger partial charge in [-0.2, -0.15) is 13.2 Å². The van der Waals surface area contributed by atoms with Crippen molar-refractivity contribution in [1.29, 1.82) is 5.41 Å². The van der Waals surface area contributed by atoms with Gasteiger partial charge in [0.1, 0.15) is 0 Å². The molecule has 0 aliphatic heterocycles. The molecule has 0 aliphatic carbocycles. The van der Waals surface area contributed by atoms with Crippen molar-refractivity contribution in [3.8, 4) is 0 Å². The summed E-state index contributed by atoms with van der Waals surface area (Å²) < 4.78 is 43.6.